The Morgan fingerprint density at radius 3 is 2.73 bits per heavy atom. The summed E-state index contributed by atoms with van der Waals surface area (Å²) in [6, 6.07) is 9.56. The maximum atomic E-state index is 8.72. The second kappa shape index (κ2) is 4.06. The molecule has 0 radical (unpaired) electrons. The summed E-state index contributed by atoms with van der Waals surface area (Å²) in [5.41, 5.74) is 1.51. The summed E-state index contributed by atoms with van der Waals surface area (Å²) in [4.78, 5) is 4.14. The minimum Gasteiger partial charge on any atom is -0.234 e. The number of benzene rings is 1. The Morgan fingerprint density at radius 2 is 2.00 bits per heavy atom. The predicted octanol–water partition coefficient (Wildman–Crippen LogP) is 3.61. The quantitative estimate of drug-likeness (QED) is 0.710. The van der Waals surface area contributed by atoms with Gasteiger partial charge in [0.05, 0.1) is 23.0 Å². The fraction of sp³-hybridized carbons (Fsp3) is 0.0909. The number of nitrogens with zero attached hydrogens (tertiary/aromatic N) is 2. The molecule has 0 spiro atoms. The lowest BCUT2D eigenvalue weighted by Gasteiger charge is -2.06. The molecule has 0 saturated heterocycles. The molecule has 74 valence electrons. The molecule has 15 heavy (non-hydrogen) atoms. The van der Waals surface area contributed by atoms with Crippen LogP contribution >= 0.6 is 23.2 Å². The molecule has 0 fully saturated rings. The number of para-hydroxylation sites is 1. The van der Waals surface area contributed by atoms with Gasteiger partial charge >= 0.3 is 0 Å². The molecular weight excluding hydrogens is 231 g/mol. The maximum absolute atomic E-state index is 8.72. The number of aromatic nitrogens is 1. The van der Waals surface area contributed by atoms with Crippen LogP contribution in [0.3, 0.4) is 0 Å². The summed E-state index contributed by atoms with van der Waals surface area (Å²) in [7, 11) is 0. The van der Waals surface area contributed by atoms with Crippen molar-refractivity contribution < 1.29 is 0 Å². The van der Waals surface area contributed by atoms with Crippen LogP contribution in [0.1, 0.15) is 5.56 Å². The van der Waals surface area contributed by atoms with Crippen LogP contribution in [0.25, 0.3) is 10.9 Å². The van der Waals surface area contributed by atoms with E-state index in [1.165, 1.54) is 0 Å². The highest BCUT2D eigenvalue weighted by Gasteiger charge is 2.10. The Labute approximate surface area is 97.1 Å². The van der Waals surface area contributed by atoms with Crippen molar-refractivity contribution in [3.63, 3.8) is 0 Å². The minimum atomic E-state index is 0.238. The molecule has 0 saturated carbocycles. The molecule has 0 atom stereocenters. The summed E-state index contributed by atoms with van der Waals surface area (Å²) in [5, 5.41) is 10.2. The van der Waals surface area contributed by atoms with Crippen molar-refractivity contribution in [3.05, 3.63) is 40.0 Å². The topological polar surface area (TPSA) is 36.7 Å². The highest BCUT2D eigenvalue weighted by molar-refractivity contribution is 6.42. The van der Waals surface area contributed by atoms with Crippen molar-refractivity contribution in [1.82, 2.24) is 4.98 Å². The molecule has 0 bridgehead atoms. The summed E-state index contributed by atoms with van der Waals surface area (Å²) >= 11 is 11.9. The molecule has 0 N–H and O–H groups in total. The first-order valence-electron chi connectivity index (χ1n) is 4.33. The lowest BCUT2D eigenvalue weighted by Crippen LogP contribution is -1.91. The Balaban J connectivity index is 2.84. The number of hydrogen-bond acceptors (Lipinski definition) is 2. The zero-order valence-electron chi connectivity index (χ0n) is 7.67. The number of hydrogen-bond donors (Lipinski definition) is 0. The minimum absolute atomic E-state index is 0.238. The number of pyridine rings is 1. The smallest absolute Gasteiger partial charge is 0.148 e. The SMILES string of the molecule is N#CCc1c(Cl)c(Cl)nc2ccccc12. The van der Waals surface area contributed by atoms with Crippen LogP contribution < -0.4 is 0 Å². The Hall–Kier alpha value is -1.30. The standard InChI is InChI=1S/C11H6Cl2N2/c12-10-8(5-6-14)7-3-1-2-4-9(7)15-11(10)13/h1-4H,5H2. The van der Waals surface area contributed by atoms with Crippen LogP contribution in [0, 0.1) is 11.3 Å². The Bertz CT molecular complexity index is 558. The Kier molecular flexibility index (Phi) is 2.77. The van der Waals surface area contributed by atoms with Gasteiger partial charge in [0.15, 0.2) is 0 Å². The fourth-order valence-corrected chi connectivity index (χ4v) is 1.89. The van der Waals surface area contributed by atoms with Crippen LogP contribution in [-0.4, -0.2) is 4.98 Å². The van der Waals surface area contributed by atoms with Gasteiger partial charge in [-0.15, -0.1) is 0 Å². The number of fused-ring (bicyclic) bond motifs is 1. The van der Waals surface area contributed by atoms with Crippen molar-refractivity contribution in [2.45, 2.75) is 6.42 Å². The average Bonchev–Trinajstić information content (AvgIpc) is 2.25. The van der Waals surface area contributed by atoms with Gasteiger partial charge in [0.1, 0.15) is 5.15 Å². The van der Waals surface area contributed by atoms with E-state index in [2.05, 4.69) is 11.1 Å². The van der Waals surface area contributed by atoms with Crippen molar-refractivity contribution in [2.24, 2.45) is 0 Å². The number of halogens is 2. The van der Waals surface area contributed by atoms with E-state index in [4.69, 9.17) is 28.5 Å². The van der Waals surface area contributed by atoms with E-state index in [9.17, 15) is 0 Å². The van der Waals surface area contributed by atoms with E-state index in [0.717, 1.165) is 16.5 Å². The molecule has 0 unspecified atom stereocenters. The first-order chi connectivity index (χ1) is 7.24. The lowest BCUT2D eigenvalue weighted by molar-refractivity contribution is 1.26. The van der Waals surface area contributed by atoms with E-state index in [0.29, 0.717) is 5.02 Å². The van der Waals surface area contributed by atoms with Gasteiger partial charge in [-0.05, 0) is 11.6 Å². The van der Waals surface area contributed by atoms with E-state index in [1.807, 2.05) is 24.3 Å². The molecule has 1 heterocycles. The van der Waals surface area contributed by atoms with Gasteiger partial charge in [-0.1, -0.05) is 41.4 Å². The number of nitriles is 1. The highest BCUT2D eigenvalue weighted by Crippen LogP contribution is 2.30. The Morgan fingerprint density at radius 1 is 1.27 bits per heavy atom. The summed E-state index contributed by atoms with van der Waals surface area (Å²) in [6.07, 6.45) is 0.238. The molecule has 0 aliphatic heterocycles. The molecule has 2 aromatic rings. The van der Waals surface area contributed by atoms with E-state index in [-0.39, 0.29) is 11.6 Å². The molecular formula is C11H6Cl2N2. The van der Waals surface area contributed by atoms with Crippen molar-refractivity contribution in [2.75, 3.05) is 0 Å². The monoisotopic (exact) mass is 236 g/mol. The molecule has 0 aliphatic carbocycles. The van der Waals surface area contributed by atoms with Crippen LogP contribution in [-0.2, 0) is 6.42 Å². The summed E-state index contributed by atoms with van der Waals surface area (Å²) < 4.78 is 0. The van der Waals surface area contributed by atoms with Crippen molar-refractivity contribution >= 4 is 34.1 Å². The van der Waals surface area contributed by atoms with Crippen molar-refractivity contribution in [3.8, 4) is 6.07 Å². The normalized spacial score (nSPS) is 10.2. The lowest BCUT2D eigenvalue weighted by atomic mass is 10.1. The molecule has 1 aromatic heterocycles. The van der Waals surface area contributed by atoms with Gasteiger partial charge in [-0.2, -0.15) is 5.26 Å². The van der Waals surface area contributed by atoms with E-state index < -0.39 is 0 Å². The highest BCUT2D eigenvalue weighted by atomic mass is 35.5. The third-order valence-electron chi connectivity index (χ3n) is 2.15. The fourth-order valence-electron chi connectivity index (χ4n) is 1.48. The van der Waals surface area contributed by atoms with Crippen LogP contribution in [0.2, 0.25) is 10.2 Å². The van der Waals surface area contributed by atoms with Crippen molar-refractivity contribution in [1.29, 1.82) is 5.26 Å². The van der Waals surface area contributed by atoms with Gasteiger partial charge in [-0.25, -0.2) is 4.98 Å². The van der Waals surface area contributed by atoms with E-state index >= 15 is 0 Å². The second-order valence-electron chi connectivity index (χ2n) is 3.05. The maximum Gasteiger partial charge on any atom is 0.148 e. The molecule has 0 amide bonds. The predicted molar refractivity (Wildman–Crippen MR) is 61.1 cm³/mol. The zero-order chi connectivity index (χ0) is 10.8. The average molecular weight is 237 g/mol. The molecule has 1 aromatic carbocycles. The second-order valence-corrected chi connectivity index (χ2v) is 3.78. The third kappa shape index (κ3) is 1.77. The van der Waals surface area contributed by atoms with Gasteiger partial charge in [0.25, 0.3) is 0 Å². The largest absolute Gasteiger partial charge is 0.234 e. The first kappa shape index (κ1) is 10.2. The van der Waals surface area contributed by atoms with Crippen LogP contribution in [0.5, 0.6) is 0 Å². The molecule has 0 aliphatic rings. The van der Waals surface area contributed by atoms with Gasteiger partial charge in [0, 0.05) is 5.39 Å². The number of rotatable bonds is 1. The van der Waals surface area contributed by atoms with Crippen LogP contribution in [0.4, 0.5) is 0 Å². The first-order valence-corrected chi connectivity index (χ1v) is 5.09. The van der Waals surface area contributed by atoms with Gasteiger partial charge in [-0.3, -0.25) is 0 Å². The molecule has 2 rings (SSSR count). The summed E-state index contributed by atoms with van der Waals surface area (Å²) in [6.45, 7) is 0. The van der Waals surface area contributed by atoms with E-state index in [1.54, 1.807) is 0 Å². The molecule has 2 nitrogen and oxygen atoms in total. The van der Waals surface area contributed by atoms with Gasteiger partial charge < -0.3 is 0 Å². The summed E-state index contributed by atoms with van der Waals surface area (Å²) in [5.74, 6) is 0. The van der Waals surface area contributed by atoms with Gasteiger partial charge in [0.2, 0.25) is 0 Å². The third-order valence-corrected chi connectivity index (χ3v) is 2.93. The molecule has 4 heteroatoms. The van der Waals surface area contributed by atoms with Crippen LogP contribution in [0.15, 0.2) is 24.3 Å². The zero-order valence-corrected chi connectivity index (χ0v) is 9.18.